The third kappa shape index (κ3) is 4.30. The van der Waals surface area contributed by atoms with Crippen LogP contribution in [0.25, 0.3) is 0 Å². The lowest BCUT2D eigenvalue weighted by Crippen LogP contribution is -2.25. The van der Waals surface area contributed by atoms with Gasteiger partial charge < -0.3 is 0 Å². The maximum Gasteiger partial charge on any atom is 0.176 e. The average Bonchev–Trinajstić information content (AvgIpc) is 2.39. The van der Waals surface area contributed by atoms with E-state index in [0.29, 0.717) is 6.54 Å². The number of hydrogen-bond donors (Lipinski definition) is 0. The third-order valence-corrected chi connectivity index (χ3v) is 3.34. The Morgan fingerprint density at radius 2 is 1.84 bits per heavy atom. The van der Waals surface area contributed by atoms with E-state index >= 15 is 0 Å². The van der Waals surface area contributed by atoms with Crippen LogP contribution >= 0.6 is 15.9 Å². The summed E-state index contributed by atoms with van der Waals surface area (Å²) in [4.78, 5) is 14.1. The Balaban J connectivity index is 1.95. The van der Waals surface area contributed by atoms with Crippen LogP contribution in [0.3, 0.4) is 0 Å². The Kier molecular flexibility index (Phi) is 4.88. The van der Waals surface area contributed by atoms with E-state index in [-0.39, 0.29) is 5.78 Å². The van der Waals surface area contributed by atoms with Gasteiger partial charge in [0, 0.05) is 16.6 Å². The van der Waals surface area contributed by atoms with Crippen LogP contribution < -0.4 is 0 Å². The van der Waals surface area contributed by atoms with Crippen LogP contribution in [0.1, 0.15) is 15.9 Å². The number of carbonyl (C=O) groups excluding carboxylic acids is 1. The number of halogens is 1. The molecule has 0 heterocycles. The lowest BCUT2D eigenvalue weighted by Gasteiger charge is -2.16. The van der Waals surface area contributed by atoms with Gasteiger partial charge in [-0.3, -0.25) is 9.69 Å². The molecule has 0 spiro atoms. The summed E-state index contributed by atoms with van der Waals surface area (Å²) in [5, 5.41) is 0. The predicted octanol–water partition coefficient (Wildman–Crippen LogP) is 3.76. The Morgan fingerprint density at radius 3 is 2.53 bits per heavy atom. The maximum atomic E-state index is 12.1. The lowest BCUT2D eigenvalue weighted by molar-refractivity contribution is 0.0943. The summed E-state index contributed by atoms with van der Waals surface area (Å²) in [5.41, 5.74) is 1.96. The Labute approximate surface area is 122 Å². The van der Waals surface area contributed by atoms with Crippen molar-refractivity contribution in [3.8, 4) is 0 Å². The largest absolute Gasteiger partial charge is 0.295 e. The fourth-order valence-corrected chi connectivity index (χ4v) is 2.41. The van der Waals surface area contributed by atoms with Gasteiger partial charge >= 0.3 is 0 Å². The van der Waals surface area contributed by atoms with Gasteiger partial charge in [0.2, 0.25) is 0 Å². The molecular weight excluding hydrogens is 302 g/mol. The summed E-state index contributed by atoms with van der Waals surface area (Å²) in [5.74, 6) is 0.151. The molecule has 0 N–H and O–H groups in total. The molecule has 19 heavy (non-hydrogen) atoms. The van der Waals surface area contributed by atoms with Crippen molar-refractivity contribution >= 4 is 21.7 Å². The molecule has 0 aromatic heterocycles. The van der Waals surface area contributed by atoms with Crippen molar-refractivity contribution < 1.29 is 4.79 Å². The van der Waals surface area contributed by atoms with Gasteiger partial charge in [0.1, 0.15) is 0 Å². The van der Waals surface area contributed by atoms with Crippen LogP contribution in [0.15, 0.2) is 59.1 Å². The molecule has 0 unspecified atom stereocenters. The van der Waals surface area contributed by atoms with Crippen molar-refractivity contribution in [3.05, 3.63) is 70.2 Å². The molecule has 0 fully saturated rings. The van der Waals surface area contributed by atoms with E-state index in [0.717, 1.165) is 16.6 Å². The molecule has 0 saturated carbocycles. The quantitative estimate of drug-likeness (QED) is 0.782. The zero-order valence-corrected chi connectivity index (χ0v) is 12.4. The highest BCUT2D eigenvalue weighted by molar-refractivity contribution is 9.10. The first-order valence-electron chi connectivity index (χ1n) is 6.16. The van der Waals surface area contributed by atoms with Crippen molar-refractivity contribution in [2.24, 2.45) is 0 Å². The van der Waals surface area contributed by atoms with Gasteiger partial charge in [-0.15, -0.1) is 0 Å². The number of benzene rings is 2. The number of Topliss-reactive ketones (excluding diaryl/α,β-unsaturated/α-hetero) is 1. The monoisotopic (exact) mass is 317 g/mol. The smallest absolute Gasteiger partial charge is 0.176 e. The molecule has 2 rings (SSSR count). The first-order valence-corrected chi connectivity index (χ1v) is 6.95. The average molecular weight is 318 g/mol. The fourth-order valence-electron chi connectivity index (χ4n) is 1.96. The molecule has 0 bridgehead atoms. The summed E-state index contributed by atoms with van der Waals surface area (Å²) in [7, 11) is 1.96. The van der Waals surface area contributed by atoms with E-state index in [1.165, 1.54) is 5.56 Å². The van der Waals surface area contributed by atoms with Crippen molar-refractivity contribution in [3.63, 3.8) is 0 Å². The fraction of sp³-hybridized carbons (Fsp3) is 0.188. The number of rotatable bonds is 5. The topological polar surface area (TPSA) is 20.3 Å². The number of likely N-dealkylation sites (N-methyl/N-ethyl adjacent to an activating group) is 1. The molecule has 98 valence electrons. The van der Waals surface area contributed by atoms with E-state index in [4.69, 9.17) is 0 Å². The molecule has 0 atom stereocenters. The van der Waals surface area contributed by atoms with Crippen molar-refractivity contribution in [1.29, 1.82) is 0 Å². The maximum absolute atomic E-state index is 12.1. The Bertz CT molecular complexity index is 554. The van der Waals surface area contributed by atoms with Gasteiger partial charge in [-0.1, -0.05) is 58.4 Å². The van der Waals surface area contributed by atoms with Crippen LogP contribution in [0.5, 0.6) is 0 Å². The zero-order chi connectivity index (χ0) is 13.7. The predicted molar refractivity (Wildman–Crippen MR) is 81.2 cm³/mol. The van der Waals surface area contributed by atoms with Gasteiger partial charge in [0.25, 0.3) is 0 Å². The van der Waals surface area contributed by atoms with Crippen LogP contribution in [0.2, 0.25) is 0 Å². The highest BCUT2D eigenvalue weighted by Crippen LogP contribution is 2.13. The zero-order valence-electron chi connectivity index (χ0n) is 10.8. The van der Waals surface area contributed by atoms with Crippen LogP contribution in [-0.4, -0.2) is 24.3 Å². The second-order valence-electron chi connectivity index (χ2n) is 4.59. The summed E-state index contributed by atoms with van der Waals surface area (Å²) in [6, 6.07) is 17.6. The molecule has 0 aliphatic carbocycles. The molecule has 0 saturated heterocycles. The van der Waals surface area contributed by atoms with Crippen molar-refractivity contribution in [1.82, 2.24) is 4.90 Å². The minimum Gasteiger partial charge on any atom is -0.295 e. The first kappa shape index (κ1) is 14.0. The third-order valence-electron chi connectivity index (χ3n) is 2.85. The molecule has 2 nitrogen and oxygen atoms in total. The standard InChI is InChI=1S/C16H16BrNO/c1-18(11-13-6-5-9-15(17)10-13)12-16(19)14-7-3-2-4-8-14/h2-10H,11-12H2,1H3. The Hall–Kier alpha value is -1.45. The van der Waals surface area contributed by atoms with Gasteiger partial charge in [-0.2, -0.15) is 0 Å². The molecule has 0 aliphatic heterocycles. The normalized spacial score (nSPS) is 10.7. The van der Waals surface area contributed by atoms with Gasteiger partial charge in [-0.05, 0) is 24.7 Å². The van der Waals surface area contributed by atoms with Gasteiger partial charge in [-0.25, -0.2) is 0 Å². The van der Waals surface area contributed by atoms with E-state index in [1.807, 2.05) is 54.4 Å². The highest BCUT2D eigenvalue weighted by Gasteiger charge is 2.09. The summed E-state index contributed by atoms with van der Waals surface area (Å²) in [6.07, 6.45) is 0. The SMILES string of the molecule is CN(CC(=O)c1ccccc1)Cc1cccc(Br)c1. The first-order chi connectivity index (χ1) is 9.15. The summed E-state index contributed by atoms with van der Waals surface area (Å²) >= 11 is 3.45. The van der Waals surface area contributed by atoms with Crippen molar-refractivity contribution in [2.45, 2.75) is 6.54 Å². The minimum atomic E-state index is 0.151. The van der Waals surface area contributed by atoms with Crippen LogP contribution in [0, 0.1) is 0 Å². The summed E-state index contributed by atoms with van der Waals surface area (Å²) in [6.45, 7) is 1.19. The van der Waals surface area contributed by atoms with Gasteiger partial charge in [0.15, 0.2) is 5.78 Å². The second kappa shape index (κ2) is 6.64. The Morgan fingerprint density at radius 1 is 1.11 bits per heavy atom. The molecule has 2 aromatic rings. The van der Waals surface area contributed by atoms with Crippen LogP contribution in [0.4, 0.5) is 0 Å². The molecule has 0 aliphatic rings. The highest BCUT2D eigenvalue weighted by atomic mass is 79.9. The van der Waals surface area contributed by atoms with Crippen molar-refractivity contribution in [2.75, 3.05) is 13.6 Å². The molecule has 0 radical (unpaired) electrons. The van der Waals surface area contributed by atoms with E-state index in [2.05, 4.69) is 28.1 Å². The number of ketones is 1. The lowest BCUT2D eigenvalue weighted by atomic mass is 10.1. The summed E-state index contributed by atoms with van der Waals surface area (Å²) < 4.78 is 1.06. The minimum absolute atomic E-state index is 0.151. The van der Waals surface area contributed by atoms with E-state index in [1.54, 1.807) is 0 Å². The second-order valence-corrected chi connectivity index (χ2v) is 5.51. The number of carbonyl (C=O) groups is 1. The van der Waals surface area contributed by atoms with E-state index < -0.39 is 0 Å². The molecular formula is C16H16BrNO. The molecule has 3 heteroatoms. The van der Waals surface area contributed by atoms with E-state index in [9.17, 15) is 4.79 Å². The number of hydrogen-bond acceptors (Lipinski definition) is 2. The number of nitrogens with zero attached hydrogens (tertiary/aromatic N) is 1. The molecule has 2 aromatic carbocycles. The van der Waals surface area contributed by atoms with Crippen LogP contribution in [-0.2, 0) is 6.54 Å². The molecule has 0 amide bonds. The van der Waals surface area contributed by atoms with Gasteiger partial charge in [0.05, 0.1) is 6.54 Å².